The molecule has 0 bridgehead atoms. The smallest absolute Gasteiger partial charge is 0.122 e. The molecule has 0 aliphatic carbocycles. The molecule has 4 nitrogen and oxygen atoms in total. The summed E-state index contributed by atoms with van der Waals surface area (Å²) in [5, 5.41) is 12.4. The predicted molar refractivity (Wildman–Crippen MR) is 80.0 cm³/mol. The van der Waals surface area contributed by atoms with Gasteiger partial charge in [-0.05, 0) is 45.4 Å². The fourth-order valence-electron chi connectivity index (χ4n) is 2.01. The minimum Gasteiger partial charge on any atom is -0.494 e. The Kier molecular flexibility index (Phi) is 6.89. The van der Waals surface area contributed by atoms with Crippen LogP contribution in [0.15, 0.2) is 24.3 Å². The van der Waals surface area contributed by atoms with E-state index in [1.54, 1.807) is 0 Å². The molecule has 0 aliphatic heterocycles. The molecule has 0 saturated heterocycles. The zero-order valence-electron chi connectivity index (χ0n) is 12.6. The highest BCUT2D eigenvalue weighted by atomic mass is 16.5. The first-order valence-electron chi connectivity index (χ1n) is 7.15. The van der Waals surface area contributed by atoms with Crippen LogP contribution in [0.5, 0.6) is 11.5 Å². The number of rotatable bonds is 9. The molecule has 1 rings (SSSR count). The van der Waals surface area contributed by atoms with Gasteiger partial charge in [0.25, 0.3) is 0 Å². The fourth-order valence-corrected chi connectivity index (χ4v) is 2.01. The van der Waals surface area contributed by atoms with E-state index in [1.807, 2.05) is 45.0 Å². The van der Waals surface area contributed by atoms with Gasteiger partial charge in [0.1, 0.15) is 17.0 Å². The molecule has 0 heterocycles. The van der Waals surface area contributed by atoms with Crippen molar-refractivity contribution in [2.75, 3.05) is 19.8 Å². The zero-order valence-corrected chi connectivity index (χ0v) is 12.6. The Labute approximate surface area is 121 Å². The van der Waals surface area contributed by atoms with Crippen LogP contribution in [0, 0.1) is 11.3 Å². The van der Waals surface area contributed by atoms with E-state index in [2.05, 4.69) is 11.4 Å². The third-order valence-electron chi connectivity index (χ3n) is 3.02. The number of nitrogens with zero attached hydrogens (tertiary/aromatic N) is 1. The van der Waals surface area contributed by atoms with Crippen LogP contribution in [0.4, 0.5) is 0 Å². The third kappa shape index (κ3) is 5.50. The first kappa shape index (κ1) is 16.3. The maximum absolute atomic E-state index is 9.16. The van der Waals surface area contributed by atoms with Gasteiger partial charge in [-0.1, -0.05) is 13.0 Å². The van der Waals surface area contributed by atoms with Gasteiger partial charge in [-0.2, -0.15) is 5.26 Å². The minimum atomic E-state index is -0.467. The molecular formula is C16H24N2O2. The van der Waals surface area contributed by atoms with Gasteiger partial charge in [0, 0.05) is 6.07 Å². The summed E-state index contributed by atoms with van der Waals surface area (Å²) in [6.07, 6.45) is 1.60. The van der Waals surface area contributed by atoms with Gasteiger partial charge in [-0.3, -0.25) is 5.32 Å². The molecule has 0 spiro atoms. The molecule has 1 atom stereocenters. The second-order valence-corrected chi connectivity index (χ2v) is 4.83. The summed E-state index contributed by atoms with van der Waals surface area (Å²) in [5.74, 6) is 1.62. The Bertz CT molecular complexity index is 442. The van der Waals surface area contributed by atoms with Crippen LogP contribution in [-0.2, 0) is 0 Å². The molecule has 0 aliphatic rings. The number of nitriles is 1. The Hall–Kier alpha value is -1.73. The van der Waals surface area contributed by atoms with Crippen molar-refractivity contribution in [3.63, 3.8) is 0 Å². The molecule has 1 aromatic carbocycles. The highest BCUT2D eigenvalue weighted by Crippen LogP contribution is 2.20. The van der Waals surface area contributed by atoms with Crippen LogP contribution >= 0.6 is 0 Å². The molecule has 4 heteroatoms. The van der Waals surface area contributed by atoms with Gasteiger partial charge in [-0.25, -0.2) is 0 Å². The molecule has 0 aromatic heterocycles. The van der Waals surface area contributed by atoms with Crippen molar-refractivity contribution >= 4 is 0 Å². The zero-order chi connectivity index (χ0) is 14.8. The third-order valence-corrected chi connectivity index (χ3v) is 3.02. The molecule has 20 heavy (non-hydrogen) atoms. The van der Waals surface area contributed by atoms with E-state index in [9.17, 15) is 0 Å². The van der Waals surface area contributed by atoms with Gasteiger partial charge in [0.05, 0.1) is 19.3 Å². The van der Waals surface area contributed by atoms with E-state index < -0.39 is 5.54 Å². The normalized spacial score (nSPS) is 13.3. The highest BCUT2D eigenvalue weighted by Gasteiger charge is 2.21. The lowest BCUT2D eigenvalue weighted by atomic mass is 9.98. The lowest BCUT2D eigenvalue weighted by molar-refractivity contribution is 0.283. The molecule has 1 aromatic rings. The second-order valence-electron chi connectivity index (χ2n) is 4.83. The molecule has 110 valence electrons. The molecule has 1 unspecified atom stereocenters. The van der Waals surface area contributed by atoms with E-state index >= 15 is 0 Å². The summed E-state index contributed by atoms with van der Waals surface area (Å²) in [6.45, 7) is 7.92. The van der Waals surface area contributed by atoms with Crippen molar-refractivity contribution in [2.45, 2.75) is 39.2 Å². The van der Waals surface area contributed by atoms with Crippen LogP contribution < -0.4 is 14.8 Å². The van der Waals surface area contributed by atoms with Gasteiger partial charge < -0.3 is 9.47 Å². The van der Waals surface area contributed by atoms with Crippen molar-refractivity contribution in [3.8, 4) is 17.6 Å². The lowest BCUT2D eigenvalue weighted by Gasteiger charge is -2.22. The van der Waals surface area contributed by atoms with Crippen molar-refractivity contribution in [2.24, 2.45) is 0 Å². The lowest BCUT2D eigenvalue weighted by Crippen LogP contribution is -2.40. The summed E-state index contributed by atoms with van der Waals surface area (Å²) in [5.41, 5.74) is -0.467. The molecule has 0 fully saturated rings. The predicted octanol–water partition coefficient (Wildman–Crippen LogP) is 3.14. The van der Waals surface area contributed by atoms with Gasteiger partial charge in [-0.15, -0.1) is 0 Å². The Morgan fingerprint density at radius 3 is 2.55 bits per heavy atom. The van der Waals surface area contributed by atoms with Crippen molar-refractivity contribution in [1.82, 2.24) is 5.32 Å². The summed E-state index contributed by atoms with van der Waals surface area (Å²) in [6, 6.07) is 9.94. The second kappa shape index (κ2) is 8.44. The van der Waals surface area contributed by atoms with E-state index in [-0.39, 0.29) is 0 Å². The monoisotopic (exact) mass is 276 g/mol. The summed E-state index contributed by atoms with van der Waals surface area (Å²) < 4.78 is 11.1. The number of nitrogens with one attached hydrogen (secondary N) is 1. The van der Waals surface area contributed by atoms with Crippen LogP contribution in [0.3, 0.4) is 0 Å². The topological polar surface area (TPSA) is 54.3 Å². The summed E-state index contributed by atoms with van der Waals surface area (Å²) in [4.78, 5) is 0. The molecule has 0 saturated carbocycles. The molecule has 0 radical (unpaired) electrons. The average molecular weight is 276 g/mol. The summed E-state index contributed by atoms with van der Waals surface area (Å²) >= 11 is 0. The largest absolute Gasteiger partial charge is 0.494 e. The summed E-state index contributed by atoms with van der Waals surface area (Å²) in [7, 11) is 0. The standard InChI is InChI=1S/C16H24N2O2/c1-4-18-16(3,13-17)10-7-11-20-15-9-6-8-14(12-15)19-5-2/h6,8-9,12,18H,4-5,7,10-11H2,1-3H3. The maximum Gasteiger partial charge on any atom is 0.122 e. The van der Waals surface area contributed by atoms with Crippen LogP contribution in [-0.4, -0.2) is 25.3 Å². The van der Waals surface area contributed by atoms with E-state index in [0.29, 0.717) is 13.2 Å². The Morgan fingerprint density at radius 2 is 1.95 bits per heavy atom. The first-order valence-corrected chi connectivity index (χ1v) is 7.15. The van der Waals surface area contributed by atoms with Crippen molar-refractivity contribution in [1.29, 1.82) is 5.26 Å². The van der Waals surface area contributed by atoms with Crippen molar-refractivity contribution in [3.05, 3.63) is 24.3 Å². The van der Waals surface area contributed by atoms with Gasteiger partial charge in [0.2, 0.25) is 0 Å². The number of benzene rings is 1. The SMILES string of the molecule is CCNC(C)(C#N)CCCOc1cccc(OCC)c1. The fraction of sp³-hybridized carbons (Fsp3) is 0.562. The average Bonchev–Trinajstić information content (AvgIpc) is 2.45. The quantitative estimate of drug-likeness (QED) is 0.704. The van der Waals surface area contributed by atoms with Gasteiger partial charge in [0.15, 0.2) is 0 Å². The maximum atomic E-state index is 9.16. The molecule has 0 amide bonds. The molecular weight excluding hydrogens is 252 g/mol. The van der Waals surface area contributed by atoms with Crippen molar-refractivity contribution < 1.29 is 9.47 Å². The minimum absolute atomic E-state index is 0.467. The molecule has 1 N–H and O–H groups in total. The van der Waals surface area contributed by atoms with Crippen LogP contribution in [0.2, 0.25) is 0 Å². The number of hydrogen-bond acceptors (Lipinski definition) is 4. The number of hydrogen-bond donors (Lipinski definition) is 1. The Balaban J connectivity index is 2.37. The van der Waals surface area contributed by atoms with Crippen LogP contribution in [0.25, 0.3) is 0 Å². The van der Waals surface area contributed by atoms with E-state index in [4.69, 9.17) is 14.7 Å². The Morgan fingerprint density at radius 1 is 1.25 bits per heavy atom. The first-order chi connectivity index (χ1) is 9.63. The van der Waals surface area contributed by atoms with E-state index in [0.717, 1.165) is 30.9 Å². The van der Waals surface area contributed by atoms with Crippen LogP contribution in [0.1, 0.15) is 33.6 Å². The van der Waals surface area contributed by atoms with E-state index in [1.165, 1.54) is 0 Å². The number of ether oxygens (including phenoxy) is 2. The highest BCUT2D eigenvalue weighted by molar-refractivity contribution is 5.32. The van der Waals surface area contributed by atoms with Gasteiger partial charge >= 0.3 is 0 Å².